The lowest BCUT2D eigenvalue weighted by molar-refractivity contribution is 0.521. The van der Waals surface area contributed by atoms with Crippen molar-refractivity contribution < 1.29 is 8.42 Å². The Balaban J connectivity index is 2.68. The summed E-state index contributed by atoms with van der Waals surface area (Å²) in [5.41, 5.74) is 8.71. The summed E-state index contributed by atoms with van der Waals surface area (Å²) in [6.45, 7) is 3.80. The minimum Gasteiger partial charge on any atom is -0.396 e. The highest BCUT2D eigenvalue weighted by Gasteiger charge is 2.22. The fraction of sp³-hybridized carbons (Fsp3) is 0.308. The van der Waals surface area contributed by atoms with Gasteiger partial charge in [-0.3, -0.25) is 0 Å². The summed E-state index contributed by atoms with van der Waals surface area (Å²) in [6, 6.07) is 4.96. The van der Waals surface area contributed by atoms with Gasteiger partial charge in [0.05, 0.1) is 23.4 Å². The molecular formula is C13H18N4O2S. The number of anilines is 1. The maximum Gasteiger partial charge on any atom is 0.244 e. The lowest BCUT2D eigenvalue weighted by atomic mass is 10.2. The van der Waals surface area contributed by atoms with Gasteiger partial charge >= 0.3 is 0 Å². The van der Waals surface area contributed by atoms with Crippen LogP contribution >= 0.6 is 0 Å². The Labute approximate surface area is 118 Å². The number of benzene rings is 1. The van der Waals surface area contributed by atoms with Crippen molar-refractivity contribution in [3.63, 3.8) is 0 Å². The van der Waals surface area contributed by atoms with Crippen LogP contribution in [0, 0.1) is 13.8 Å². The van der Waals surface area contributed by atoms with Gasteiger partial charge in [0.1, 0.15) is 4.90 Å². The molecule has 2 rings (SSSR count). The zero-order valence-electron chi connectivity index (χ0n) is 12.0. The average Bonchev–Trinajstić information content (AvgIpc) is 2.70. The predicted molar refractivity (Wildman–Crippen MR) is 78.3 cm³/mol. The Morgan fingerprint density at radius 1 is 1.25 bits per heavy atom. The van der Waals surface area contributed by atoms with E-state index in [1.807, 2.05) is 13.8 Å². The van der Waals surface area contributed by atoms with E-state index in [9.17, 15) is 8.42 Å². The molecule has 0 amide bonds. The molecule has 1 aromatic heterocycles. The first-order valence-electron chi connectivity index (χ1n) is 6.08. The largest absolute Gasteiger partial charge is 0.396 e. The fourth-order valence-corrected chi connectivity index (χ4v) is 2.93. The summed E-state index contributed by atoms with van der Waals surface area (Å²) in [7, 11) is -0.609. The first kappa shape index (κ1) is 14.5. The molecule has 108 valence electrons. The Hall–Kier alpha value is -1.86. The average molecular weight is 294 g/mol. The van der Waals surface area contributed by atoms with Crippen molar-refractivity contribution in [2.45, 2.75) is 18.7 Å². The third kappa shape index (κ3) is 2.19. The second kappa shape index (κ2) is 4.92. The highest BCUT2D eigenvalue weighted by atomic mass is 32.2. The number of nitrogens with two attached hydrogens (primary N) is 1. The fourth-order valence-electron chi connectivity index (χ4n) is 1.91. The Morgan fingerprint density at radius 3 is 2.40 bits per heavy atom. The van der Waals surface area contributed by atoms with Crippen molar-refractivity contribution in [2.75, 3.05) is 19.8 Å². The molecule has 2 aromatic rings. The maximum absolute atomic E-state index is 12.2. The molecule has 0 aliphatic rings. The number of hydrogen-bond donors (Lipinski definition) is 1. The molecule has 0 unspecified atom stereocenters. The lowest BCUT2D eigenvalue weighted by Crippen LogP contribution is -2.23. The van der Waals surface area contributed by atoms with Gasteiger partial charge in [0, 0.05) is 19.8 Å². The smallest absolute Gasteiger partial charge is 0.244 e. The summed E-state index contributed by atoms with van der Waals surface area (Å²) < 4.78 is 27.4. The molecule has 1 heterocycles. The van der Waals surface area contributed by atoms with Crippen LogP contribution in [0.1, 0.15) is 11.4 Å². The van der Waals surface area contributed by atoms with E-state index in [2.05, 4.69) is 4.98 Å². The van der Waals surface area contributed by atoms with Gasteiger partial charge in [-0.05, 0) is 26.0 Å². The van der Waals surface area contributed by atoms with Crippen LogP contribution in [-0.2, 0) is 10.0 Å². The second-order valence-electron chi connectivity index (χ2n) is 4.76. The number of aromatic nitrogens is 2. The number of hydrogen-bond acceptors (Lipinski definition) is 4. The Bertz CT molecular complexity index is 748. The van der Waals surface area contributed by atoms with E-state index in [-0.39, 0.29) is 10.6 Å². The molecule has 2 N–H and O–H groups in total. The highest BCUT2D eigenvalue weighted by molar-refractivity contribution is 7.89. The van der Waals surface area contributed by atoms with Crippen molar-refractivity contribution in [1.29, 1.82) is 0 Å². The van der Waals surface area contributed by atoms with Crippen LogP contribution < -0.4 is 5.73 Å². The van der Waals surface area contributed by atoms with Gasteiger partial charge in [-0.2, -0.15) is 0 Å². The van der Waals surface area contributed by atoms with Gasteiger partial charge in [-0.15, -0.1) is 0 Å². The van der Waals surface area contributed by atoms with Gasteiger partial charge in [-0.1, -0.05) is 6.07 Å². The zero-order valence-corrected chi connectivity index (χ0v) is 12.8. The molecule has 0 saturated carbocycles. The SMILES string of the molecule is Cc1ncn(-c2cccc(S(=O)(=O)N(C)C)c2N)c1C. The van der Waals surface area contributed by atoms with E-state index in [1.165, 1.54) is 20.2 Å². The highest BCUT2D eigenvalue weighted by Crippen LogP contribution is 2.28. The summed E-state index contributed by atoms with van der Waals surface area (Å²) in [6.07, 6.45) is 1.64. The normalized spacial score (nSPS) is 12.1. The van der Waals surface area contributed by atoms with Crippen molar-refractivity contribution in [2.24, 2.45) is 0 Å². The van der Waals surface area contributed by atoms with Crippen LogP contribution in [-0.4, -0.2) is 36.4 Å². The molecule has 0 bridgehead atoms. The molecule has 7 heteroatoms. The standard InChI is InChI=1S/C13H18N4O2S/c1-9-10(2)17(8-15-9)11-6-5-7-12(13(11)14)20(18,19)16(3)4/h5-8H,14H2,1-4H3. The monoisotopic (exact) mass is 294 g/mol. The quantitative estimate of drug-likeness (QED) is 0.866. The predicted octanol–water partition coefficient (Wildman–Crippen LogP) is 1.32. The van der Waals surface area contributed by atoms with Crippen LogP contribution in [0.3, 0.4) is 0 Å². The molecule has 20 heavy (non-hydrogen) atoms. The van der Waals surface area contributed by atoms with Crippen molar-refractivity contribution in [3.05, 3.63) is 35.9 Å². The minimum atomic E-state index is -3.57. The number of aryl methyl sites for hydroxylation is 1. The summed E-state index contributed by atoms with van der Waals surface area (Å²) in [5.74, 6) is 0. The maximum atomic E-state index is 12.2. The topological polar surface area (TPSA) is 81.2 Å². The van der Waals surface area contributed by atoms with Crippen LogP contribution in [0.4, 0.5) is 5.69 Å². The molecule has 1 aromatic carbocycles. The van der Waals surface area contributed by atoms with E-state index >= 15 is 0 Å². The van der Waals surface area contributed by atoms with E-state index in [0.717, 1.165) is 15.7 Å². The third-order valence-electron chi connectivity index (χ3n) is 3.31. The molecule has 0 fully saturated rings. The zero-order chi connectivity index (χ0) is 15.1. The molecular weight excluding hydrogens is 276 g/mol. The van der Waals surface area contributed by atoms with Gasteiger partial charge < -0.3 is 10.3 Å². The Kier molecular flexibility index (Phi) is 3.58. The first-order valence-corrected chi connectivity index (χ1v) is 7.52. The van der Waals surface area contributed by atoms with Crippen LogP contribution in [0.15, 0.2) is 29.4 Å². The van der Waals surface area contributed by atoms with Crippen molar-refractivity contribution in [3.8, 4) is 5.69 Å². The van der Waals surface area contributed by atoms with Gasteiger partial charge in [0.25, 0.3) is 0 Å². The molecule has 0 atom stereocenters. The molecule has 0 aliphatic carbocycles. The van der Waals surface area contributed by atoms with Crippen LogP contribution in [0.5, 0.6) is 0 Å². The minimum absolute atomic E-state index is 0.103. The number of para-hydroxylation sites is 1. The second-order valence-corrected chi connectivity index (χ2v) is 6.88. The van der Waals surface area contributed by atoms with E-state index in [0.29, 0.717) is 5.69 Å². The van der Waals surface area contributed by atoms with Crippen LogP contribution in [0.2, 0.25) is 0 Å². The molecule has 6 nitrogen and oxygen atoms in total. The van der Waals surface area contributed by atoms with Gasteiger partial charge in [0.15, 0.2) is 0 Å². The lowest BCUT2D eigenvalue weighted by Gasteiger charge is -2.16. The van der Waals surface area contributed by atoms with Gasteiger partial charge in [0.2, 0.25) is 10.0 Å². The molecule has 0 saturated heterocycles. The number of nitrogens with zero attached hydrogens (tertiary/aromatic N) is 3. The van der Waals surface area contributed by atoms with Crippen molar-refractivity contribution >= 4 is 15.7 Å². The molecule has 0 radical (unpaired) electrons. The summed E-state index contributed by atoms with van der Waals surface area (Å²) in [4.78, 5) is 4.31. The summed E-state index contributed by atoms with van der Waals surface area (Å²) in [5, 5.41) is 0. The molecule has 0 spiro atoms. The van der Waals surface area contributed by atoms with E-state index < -0.39 is 10.0 Å². The summed E-state index contributed by atoms with van der Waals surface area (Å²) >= 11 is 0. The van der Waals surface area contributed by atoms with Gasteiger partial charge in [-0.25, -0.2) is 17.7 Å². The number of rotatable bonds is 3. The Morgan fingerprint density at radius 2 is 1.90 bits per heavy atom. The molecule has 0 aliphatic heterocycles. The number of imidazole rings is 1. The first-order chi connectivity index (χ1) is 9.26. The number of sulfonamides is 1. The van der Waals surface area contributed by atoms with Crippen LogP contribution in [0.25, 0.3) is 5.69 Å². The van der Waals surface area contributed by atoms with E-state index in [4.69, 9.17) is 5.73 Å². The third-order valence-corrected chi connectivity index (χ3v) is 5.19. The number of nitrogen functional groups attached to an aromatic ring is 1. The van der Waals surface area contributed by atoms with E-state index in [1.54, 1.807) is 23.0 Å². The van der Waals surface area contributed by atoms with Crippen molar-refractivity contribution in [1.82, 2.24) is 13.9 Å².